The van der Waals surface area contributed by atoms with Gasteiger partial charge in [0.2, 0.25) is 5.75 Å². The summed E-state index contributed by atoms with van der Waals surface area (Å²) < 4.78 is 10.1. The molecule has 0 aliphatic rings. The van der Waals surface area contributed by atoms with Crippen molar-refractivity contribution in [1.29, 1.82) is 0 Å². The van der Waals surface area contributed by atoms with E-state index in [2.05, 4.69) is 0 Å². The molecule has 0 radical (unpaired) electrons. The fourth-order valence-electron chi connectivity index (χ4n) is 1.86. The summed E-state index contributed by atoms with van der Waals surface area (Å²) in [6.45, 7) is 1.80. The van der Waals surface area contributed by atoms with E-state index in [1.165, 1.54) is 12.3 Å². The Balaban J connectivity index is 2.66. The number of hydrogen-bond donors (Lipinski definition) is 1. The molecule has 4 heteroatoms. The SMILES string of the molecule is Cc1cc(=O)oc2c(O)c3occc3cc12. The molecule has 16 heavy (non-hydrogen) atoms. The lowest BCUT2D eigenvalue weighted by molar-refractivity contribution is 0.449. The van der Waals surface area contributed by atoms with Crippen LogP contribution in [-0.2, 0) is 0 Å². The van der Waals surface area contributed by atoms with Gasteiger partial charge in [0.05, 0.1) is 6.26 Å². The van der Waals surface area contributed by atoms with Crippen molar-refractivity contribution in [1.82, 2.24) is 0 Å². The van der Waals surface area contributed by atoms with Crippen LogP contribution in [0, 0.1) is 6.92 Å². The molecule has 1 aromatic carbocycles. The van der Waals surface area contributed by atoms with E-state index in [0.29, 0.717) is 11.0 Å². The second kappa shape index (κ2) is 2.88. The van der Waals surface area contributed by atoms with Gasteiger partial charge in [-0.1, -0.05) is 0 Å². The Morgan fingerprint density at radius 2 is 2.06 bits per heavy atom. The van der Waals surface area contributed by atoms with Gasteiger partial charge in [-0.3, -0.25) is 0 Å². The molecule has 0 spiro atoms. The van der Waals surface area contributed by atoms with Crippen molar-refractivity contribution in [2.75, 3.05) is 0 Å². The van der Waals surface area contributed by atoms with Gasteiger partial charge in [-0.05, 0) is 24.6 Å². The lowest BCUT2D eigenvalue weighted by Crippen LogP contribution is -1.97. The van der Waals surface area contributed by atoms with E-state index >= 15 is 0 Å². The third-order valence-electron chi connectivity index (χ3n) is 2.63. The Hall–Kier alpha value is -2.23. The van der Waals surface area contributed by atoms with Crippen LogP contribution in [0.5, 0.6) is 5.75 Å². The quantitative estimate of drug-likeness (QED) is 0.586. The smallest absolute Gasteiger partial charge is 0.336 e. The lowest BCUT2D eigenvalue weighted by Gasteiger charge is -2.02. The maximum absolute atomic E-state index is 11.2. The van der Waals surface area contributed by atoms with Crippen molar-refractivity contribution in [2.24, 2.45) is 0 Å². The zero-order chi connectivity index (χ0) is 11.3. The van der Waals surface area contributed by atoms with Crippen LogP contribution in [0.3, 0.4) is 0 Å². The molecule has 3 rings (SSSR count). The number of rotatable bonds is 0. The maximum atomic E-state index is 11.2. The van der Waals surface area contributed by atoms with Gasteiger partial charge >= 0.3 is 5.63 Å². The normalized spacial score (nSPS) is 11.3. The van der Waals surface area contributed by atoms with Crippen LogP contribution in [0.2, 0.25) is 0 Å². The summed E-state index contributed by atoms with van der Waals surface area (Å²) in [6.07, 6.45) is 1.48. The summed E-state index contributed by atoms with van der Waals surface area (Å²) >= 11 is 0. The van der Waals surface area contributed by atoms with Crippen molar-refractivity contribution in [3.8, 4) is 5.75 Å². The van der Waals surface area contributed by atoms with Gasteiger partial charge in [0.25, 0.3) is 0 Å². The second-order valence-electron chi connectivity index (χ2n) is 3.69. The standard InChI is InChI=1S/C12H8O4/c1-6-4-9(13)16-12-8(6)5-7-2-3-15-11(7)10(12)14/h2-5,14H,1H3. The summed E-state index contributed by atoms with van der Waals surface area (Å²) in [7, 11) is 0. The zero-order valence-electron chi connectivity index (χ0n) is 8.48. The van der Waals surface area contributed by atoms with Crippen LogP contribution in [0.1, 0.15) is 5.56 Å². The first-order valence-corrected chi connectivity index (χ1v) is 4.80. The molecular formula is C12H8O4. The fraction of sp³-hybridized carbons (Fsp3) is 0.0833. The van der Waals surface area contributed by atoms with E-state index in [9.17, 15) is 9.90 Å². The van der Waals surface area contributed by atoms with Crippen molar-refractivity contribution in [3.63, 3.8) is 0 Å². The average molecular weight is 216 g/mol. The molecule has 0 unspecified atom stereocenters. The number of benzene rings is 1. The number of fused-ring (bicyclic) bond motifs is 2. The number of hydrogen-bond acceptors (Lipinski definition) is 4. The molecule has 2 heterocycles. The molecule has 0 saturated carbocycles. The van der Waals surface area contributed by atoms with Crippen LogP contribution in [0.4, 0.5) is 0 Å². The van der Waals surface area contributed by atoms with Gasteiger partial charge < -0.3 is 13.9 Å². The first-order valence-electron chi connectivity index (χ1n) is 4.80. The van der Waals surface area contributed by atoms with Crippen LogP contribution in [0.25, 0.3) is 21.9 Å². The minimum absolute atomic E-state index is 0.127. The van der Waals surface area contributed by atoms with Crippen LogP contribution < -0.4 is 5.63 Å². The predicted molar refractivity (Wildman–Crippen MR) is 58.7 cm³/mol. The Morgan fingerprint density at radius 1 is 1.25 bits per heavy atom. The highest BCUT2D eigenvalue weighted by Gasteiger charge is 2.13. The van der Waals surface area contributed by atoms with Gasteiger partial charge in [0.15, 0.2) is 11.2 Å². The molecule has 3 aromatic rings. The summed E-state index contributed by atoms with van der Waals surface area (Å²) in [4.78, 5) is 11.2. The molecule has 0 atom stereocenters. The molecule has 0 aliphatic carbocycles. The van der Waals surface area contributed by atoms with E-state index < -0.39 is 5.63 Å². The molecule has 0 aliphatic heterocycles. The van der Waals surface area contributed by atoms with Crippen LogP contribution >= 0.6 is 0 Å². The molecule has 2 aromatic heterocycles. The highest BCUT2D eigenvalue weighted by atomic mass is 16.4. The van der Waals surface area contributed by atoms with Gasteiger partial charge in [-0.15, -0.1) is 0 Å². The fourth-order valence-corrected chi connectivity index (χ4v) is 1.86. The minimum atomic E-state index is -0.480. The van der Waals surface area contributed by atoms with E-state index in [1.807, 2.05) is 6.07 Å². The molecule has 80 valence electrons. The summed E-state index contributed by atoms with van der Waals surface area (Å²) in [5, 5.41) is 11.4. The monoisotopic (exact) mass is 216 g/mol. The third-order valence-corrected chi connectivity index (χ3v) is 2.63. The molecular weight excluding hydrogens is 208 g/mol. The largest absolute Gasteiger partial charge is 0.502 e. The molecule has 1 N–H and O–H groups in total. The average Bonchev–Trinajstić information content (AvgIpc) is 2.68. The van der Waals surface area contributed by atoms with Crippen molar-refractivity contribution >= 4 is 21.9 Å². The number of phenols is 1. The lowest BCUT2D eigenvalue weighted by atomic mass is 10.1. The van der Waals surface area contributed by atoms with Crippen molar-refractivity contribution in [2.45, 2.75) is 6.92 Å². The van der Waals surface area contributed by atoms with Gasteiger partial charge in [0, 0.05) is 16.8 Å². The first kappa shape index (κ1) is 9.03. The number of aromatic hydroxyl groups is 1. The molecule has 0 bridgehead atoms. The molecule has 0 fully saturated rings. The van der Waals surface area contributed by atoms with E-state index in [-0.39, 0.29) is 11.3 Å². The highest BCUT2D eigenvalue weighted by molar-refractivity contribution is 6.00. The van der Waals surface area contributed by atoms with Crippen LogP contribution in [0.15, 0.2) is 38.1 Å². The minimum Gasteiger partial charge on any atom is -0.502 e. The maximum Gasteiger partial charge on any atom is 0.336 e. The highest BCUT2D eigenvalue weighted by Crippen LogP contribution is 2.34. The first-order chi connectivity index (χ1) is 7.66. The summed E-state index contributed by atoms with van der Waals surface area (Å²) in [5.41, 5.74) is 0.796. The van der Waals surface area contributed by atoms with Crippen LogP contribution in [-0.4, -0.2) is 5.11 Å². The van der Waals surface area contributed by atoms with E-state index in [0.717, 1.165) is 10.9 Å². The Labute approximate surface area is 89.7 Å². The zero-order valence-corrected chi connectivity index (χ0v) is 8.48. The molecule has 0 amide bonds. The number of aryl methyl sites for hydroxylation is 1. The van der Waals surface area contributed by atoms with E-state index in [4.69, 9.17) is 8.83 Å². The number of furan rings is 1. The van der Waals surface area contributed by atoms with Gasteiger partial charge in [-0.2, -0.15) is 0 Å². The Morgan fingerprint density at radius 3 is 2.88 bits per heavy atom. The van der Waals surface area contributed by atoms with Gasteiger partial charge in [-0.25, -0.2) is 4.79 Å². The second-order valence-corrected chi connectivity index (χ2v) is 3.69. The van der Waals surface area contributed by atoms with Crippen molar-refractivity contribution in [3.05, 3.63) is 40.4 Å². The molecule has 0 saturated heterocycles. The van der Waals surface area contributed by atoms with Crippen molar-refractivity contribution < 1.29 is 13.9 Å². The predicted octanol–water partition coefficient (Wildman–Crippen LogP) is 2.55. The summed E-state index contributed by atoms with van der Waals surface area (Å²) in [6, 6.07) is 4.97. The Bertz CT molecular complexity index is 749. The molecule has 4 nitrogen and oxygen atoms in total. The summed E-state index contributed by atoms with van der Waals surface area (Å²) in [5.74, 6) is -0.127. The third kappa shape index (κ3) is 1.07. The Kier molecular flexibility index (Phi) is 1.63. The van der Waals surface area contributed by atoms with Gasteiger partial charge in [0.1, 0.15) is 0 Å². The number of phenolic OH excluding ortho intramolecular Hbond substituents is 1. The van der Waals surface area contributed by atoms with E-state index in [1.54, 1.807) is 13.0 Å². The topological polar surface area (TPSA) is 63.6 Å².